The largest absolute Gasteiger partial charge is 0.481 e. The third kappa shape index (κ3) is 2.19. The number of aliphatic carboxylic acids is 1. The van der Waals surface area contributed by atoms with Gasteiger partial charge in [0.05, 0.1) is 5.92 Å². The maximum absolute atomic E-state index is 11.1. The Kier molecular flexibility index (Phi) is 3.14. The third-order valence-electron chi connectivity index (χ3n) is 3.00. The van der Waals surface area contributed by atoms with Crippen molar-refractivity contribution >= 4 is 5.97 Å². The van der Waals surface area contributed by atoms with Crippen LogP contribution in [0.4, 0.5) is 0 Å². The van der Waals surface area contributed by atoms with Gasteiger partial charge in [-0.3, -0.25) is 4.79 Å². The molecule has 1 saturated heterocycles. The van der Waals surface area contributed by atoms with Gasteiger partial charge in [-0.05, 0) is 26.0 Å². The van der Waals surface area contributed by atoms with Crippen LogP contribution in [0, 0.1) is 12.8 Å². The summed E-state index contributed by atoms with van der Waals surface area (Å²) in [6.45, 7) is 3.25. The van der Waals surface area contributed by atoms with Gasteiger partial charge in [0.2, 0.25) is 0 Å². The van der Waals surface area contributed by atoms with E-state index in [-0.39, 0.29) is 11.8 Å². The summed E-state index contributed by atoms with van der Waals surface area (Å²) in [5, 5.41) is 12.3. The first-order valence-electron chi connectivity index (χ1n) is 5.40. The van der Waals surface area contributed by atoms with Crippen LogP contribution in [-0.2, 0) is 4.79 Å². The minimum absolute atomic E-state index is 0.000417. The number of aromatic nitrogens is 2. The molecule has 0 spiro atoms. The average molecular weight is 221 g/mol. The van der Waals surface area contributed by atoms with Gasteiger partial charge in [0.15, 0.2) is 0 Å². The number of carbonyl (C=O) groups is 1. The summed E-state index contributed by atoms with van der Waals surface area (Å²) in [5.74, 6) is -1.14. The molecule has 1 aliphatic rings. The fourth-order valence-electron chi connectivity index (χ4n) is 2.15. The molecule has 0 saturated carbocycles. The van der Waals surface area contributed by atoms with Crippen molar-refractivity contribution in [3.63, 3.8) is 0 Å². The van der Waals surface area contributed by atoms with E-state index in [0.717, 1.165) is 24.4 Å². The molecular weight excluding hydrogens is 206 g/mol. The van der Waals surface area contributed by atoms with Gasteiger partial charge in [-0.15, -0.1) is 0 Å². The molecule has 1 aromatic rings. The highest BCUT2D eigenvalue weighted by Gasteiger charge is 2.32. The minimum atomic E-state index is -0.756. The SMILES string of the molecule is Cc1cc(C2CCNCC2C(=O)O)ncn1. The fourth-order valence-corrected chi connectivity index (χ4v) is 2.15. The van der Waals surface area contributed by atoms with E-state index in [2.05, 4.69) is 15.3 Å². The van der Waals surface area contributed by atoms with Crippen LogP contribution >= 0.6 is 0 Å². The molecular formula is C11H15N3O2. The Morgan fingerprint density at radius 3 is 3.06 bits per heavy atom. The lowest BCUT2D eigenvalue weighted by molar-refractivity contribution is -0.143. The zero-order valence-electron chi connectivity index (χ0n) is 9.18. The van der Waals surface area contributed by atoms with E-state index in [0.29, 0.717) is 6.54 Å². The molecule has 2 heterocycles. The lowest BCUT2D eigenvalue weighted by Crippen LogP contribution is -2.40. The molecule has 1 aromatic heterocycles. The van der Waals surface area contributed by atoms with E-state index < -0.39 is 5.97 Å². The second-order valence-electron chi connectivity index (χ2n) is 4.13. The van der Waals surface area contributed by atoms with Crippen LogP contribution in [0.5, 0.6) is 0 Å². The molecule has 5 nitrogen and oxygen atoms in total. The quantitative estimate of drug-likeness (QED) is 0.763. The Morgan fingerprint density at radius 1 is 1.56 bits per heavy atom. The summed E-state index contributed by atoms with van der Waals surface area (Å²) in [7, 11) is 0. The number of piperidine rings is 1. The molecule has 5 heteroatoms. The van der Waals surface area contributed by atoms with E-state index >= 15 is 0 Å². The number of rotatable bonds is 2. The van der Waals surface area contributed by atoms with Gasteiger partial charge in [0.25, 0.3) is 0 Å². The second-order valence-corrected chi connectivity index (χ2v) is 4.13. The van der Waals surface area contributed by atoms with Crippen LogP contribution in [0.2, 0.25) is 0 Å². The standard InChI is InChI=1S/C11H15N3O2/c1-7-4-10(14-6-13-7)8-2-3-12-5-9(8)11(15)16/h4,6,8-9,12H,2-3,5H2,1H3,(H,15,16). The minimum Gasteiger partial charge on any atom is -0.481 e. The van der Waals surface area contributed by atoms with Gasteiger partial charge in [-0.25, -0.2) is 9.97 Å². The molecule has 1 aliphatic heterocycles. The fraction of sp³-hybridized carbons (Fsp3) is 0.545. The number of aryl methyl sites for hydroxylation is 1. The van der Waals surface area contributed by atoms with Gasteiger partial charge >= 0.3 is 5.97 Å². The van der Waals surface area contributed by atoms with Gasteiger partial charge in [0, 0.05) is 23.9 Å². The summed E-state index contributed by atoms with van der Waals surface area (Å²) in [6.07, 6.45) is 2.32. The molecule has 16 heavy (non-hydrogen) atoms. The number of hydrogen-bond acceptors (Lipinski definition) is 4. The van der Waals surface area contributed by atoms with Gasteiger partial charge in [-0.1, -0.05) is 0 Å². The molecule has 0 aromatic carbocycles. The highest BCUT2D eigenvalue weighted by atomic mass is 16.4. The smallest absolute Gasteiger partial charge is 0.308 e. The maximum atomic E-state index is 11.1. The Bertz CT molecular complexity index is 395. The van der Waals surface area contributed by atoms with Crippen LogP contribution in [0.1, 0.15) is 23.7 Å². The molecule has 0 amide bonds. The maximum Gasteiger partial charge on any atom is 0.308 e. The summed E-state index contributed by atoms with van der Waals surface area (Å²) < 4.78 is 0. The van der Waals surface area contributed by atoms with Crippen molar-refractivity contribution in [2.75, 3.05) is 13.1 Å². The van der Waals surface area contributed by atoms with E-state index in [4.69, 9.17) is 5.11 Å². The van der Waals surface area contributed by atoms with Crippen LogP contribution in [-0.4, -0.2) is 34.1 Å². The predicted octanol–water partition coefficient (Wildman–Crippen LogP) is 0.563. The highest BCUT2D eigenvalue weighted by molar-refractivity contribution is 5.71. The van der Waals surface area contributed by atoms with Gasteiger partial charge in [0.1, 0.15) is 6.33 Å². The van der Waals surface area contributed by atoms with E-state index in [1.54, 1.807) is 0 Å². The van der Waals surface area contributed by atoms with Crippen molar-refractivity contribution in [2.45, 2.75) is 19.3 Å². The number of nitrogens with one attached hydrogen (secondary N) is 1. The lowest BCUT2D eigenvalue weighted by atomic mass is 9.84. The Morgan fingerprint density at radius 2 is 2.38 bits per heavy atom. The topological polar surface area (TPSA) is 75.1 Å². The van der Waals surface area contributed by atoms with Crippen molar-refractivity contribution in [1.29, 1.82) is 0 Å². The molecule has 2 rings (SSSR count). The highest BCUT2D eigenvalue weighted by Crippen LogP contribution is 2.29. The number of hydrogen-bond donors (Lipinski definition) is 2. The zero-order chi connectivity index (χ0) is 11.5. The van der Waals surface area contributed by atoms with Crippen LogP contribution in [0.3, 0.4) is 0 Å². The van der Waals surface area contributed by atoms with E-state index in [9.17, 15) is 4.79 Å². The Labute approximate surface area is 93.9 Å². The van der Waals surface area contributed by atoms with Crippen molar-refractivity contribution < 1.29 is 9.90 Å². The van der Waals surface area contributed by atoms with Gasteiger partial charge in [-0.2, -0.15) is 0 Å². The van der Waals surface area contributed by atoms with Crippen LogP contribution in [0.15, 0.2) is 12.4 Å². The second kappa shape index (κ2) is 4.57. The van der Waals surface area contributed by atoms with Crippen molar-refractivity contribution in [3.05, 3.63) is 23.8 Å². The van der Waals surface area contributed by atoms with E-state index in [1.807, 2.05) is 13.0 Å². The summed E-state index contributed by atoms with van der Waals surface area (Å²) in [6, 6.07) is 1.88. The van der Waals surface area contributed by atoms with Crippen molar-refractivity contribution in [1.82, 2.24) is 15.3 Å². The first kappa shape index (κ1) is 11.0. The molecule has 1 fully saturated rings. The van der Waals surface area contributed by atoms with Gasteiger partial charge < -0.3 is 10.4 Å². The Balaban J connectivity index is 2.26. The van der Waals surface area contributed by atoms with Crippen LogP contribution in [0.25, 0.3) is 0 Å². The molecule has 0 aliphatic carbocycles. The number of carboxylic acids is 1. The zero-order valence-corrected chi connectivity index (χ0v) is 9.18. The normalized spacial score (nSPS) is 25.3. The molecule has 86 valence electrons. The summed E-state index contributed by atoms with van der Waals surface area (Å²) in [4.78, 5) is 19.4. The lowest BCUT2D eigenvalue weighted by Gasteiger charge is -2.28. The first-order chi connectivity index (χ1) is 7.68. The molecule has 2 N–H and O–H groups in total. The van der Waals surface area contributed by atoms with Crippen LogP contribution < -0.4 is 5.32 Å². The summed E-state index contributed by atoms with van der Waals surface area (Å²) in [5.41, 5.74) is 1.73. The first-order valence-corrected chi connectivity index (χ1v) is 5.40. The predicted molar refractivity (Wildman–Crippen MR) is 58.1 cm³/mol. The molecule has 2 atom stereocenters. The number of carboxylic acid groups (broad SMARTS) is 1. The monoisotopic (exact) mass is 221 g/mol. The van der Waals surface area contributed by atoms with Crippen molar-refractivity contribution in [3.8, 4) is 0 Å². The average Bonchev–Trinajstić information content (AvgIpc) is 2.29. The Hall–Kier alpha value is -1.49. The molecule has 0 radical (unpaired) electrons. The molecule has 0 bridgehead atoms. The van der Waals surface area contributed by atoms with Crippen molar-refractivity contribution in [2.24, 2.45) is 5.92 Å². The third-order valence-corrected chi connectivity index (χ3v) is 3.00. The van der Waals surface area contributed by atoms with E-state index in [1.165, 1.54) is 6.33 Å². The number of nitrogens with zero attached hydrogens (tertiary/aromatic N) is 2. The summed E-state index contributed by atoms with van der Waals surface area (Å²) >= 11 is 0. The molecule has 2 unspecified atom stereocenters.